The Hall–Kier alpha value is -3.58. The van der Waals surface area contributed by atoms with Gasteiger partial charge in [0.25, 0.3) is 11.8 Å². The first kappa shape index (κ1) is 22.6. The topological polar surface area (TPSA) is 66.5 Å². The predicted octanol–water partition coefficient (Wildman–Crippen LogP) is 5.46. The van der Waals surface area contributed by atoms with Crippen LogP contribution in [-0.2, 0) is 16.0 Å². The molecular formula is C26H20BrFN2O3. The van der Waals surface area contributed by atoms with Crippen molar-refractivity contribution in [2.24, 2.45) is 0 Å². The Balaban J connectivity index is 1.76. The lowest BCUT2D eigenvalue weighted by atomic mass is 9.97. The molecule has 166 valence electrons. The summed E-state index contributed by atoms with van der Waals surface area (Å²) in [5.74, 6) is -1.83. The highest BCUT2D eigenvalue weighted by Gasteiger charge is 2.37. The molecule has 1 fully saturated rings. The van der Waals surface area contributed by atoms with Crippen molar-refractivity contribution in [2.45, 2.75) is 20.3 Å². The van der Waals surface area contributed by atoms with E-state index < -0.39 is 17.8 Å². The molecule has 0 saturated carbocycles. The number of barbiturate groups is 1. The van der Waals surface area contributed by atoms with Gasteiger partial charge < -0.3 is 0 Å². The van der Waals surface area contributed by atoms with Crippen LogP contribution in [0.15, 0.2) is 70.7 Å². The molecule has 7 heteroatoms. The van der Waals surface area contributed by atoms with Gasteiger partial charge in [-0.15, -0.1) is 0 Å². The summed E-state index contributed by atoms with van der Waals surface area (Å²) < 4.78 is 15.0. The Morgan fingerprint density at radius 3 is 2.42 bits per heavy atom. The normalized spacial score (nSPS) is 15.2. The molecule has 1 heterocycles. The fraction of sp³-hybridized carbons (Fsp3) is 0.115. The van der Waals surface area contributed by atoms with Gasteiger partial charge in [-0.2, -0.15) is 0 Å². The van der Waals surface area contributed by atoms with E-state index in [0.29, 0.717) is 16.8 Å². The van der Waals surface area contributed by atoms with Gasteiger partial charge in [0.2, 0.25) is 0 Å². The first-order valence-electron chi connectivity index (χ1n) is 10.2. The summed E-state index contributed by atoms with van der Waals surface area (Å²) >= 11 is 3.41. The highest BCUT2D eigenvalue weighted by atomic mass is 79.9. The number of hydrogen-bond acceptors (Lipinski definition) is 3. The Bertz CT molecular complexity index is 1330. The molecule has 33 heavy (non-hydrogen) atoms. The van der Waals surface area contributed by atoms with E-state index in [1.807, 2.05) is 26.0 Å². The Labute approximate surface area is 199 Å². The highest BCUT2D eigenvalue weighted by Crippen LogP contribution is 2.27. The van der Waals surface area contributed by atoms with Crippen molar-refractivity contribution in [3.63, 3.8) is 0 Å². The summed E-state index contributed by atoms with van der Waals surface area (Å²) in [5.41, 5.74) is 3.91. The van der Waals surface area contributed by atoms with E-state index >= 15 is 0 Å². The van der Waals surface area contributed by atoms with Gasteiger partial charge in [0, 0.05) is 10.9 Å². The molecule has 3 aromatic carbocycles. The number of anilines is 1. The van der Waals surface area contributed by atoms with E-state index in [0.717, 1.165) is 26.1 Å². The smallest absolute Gasteiger partial charge is 0.273 e. The number of nitrogens with zero attached hydrogens (tertiary/aromatic N) is 1. The number of halogens is 2. The zero-order chi connectivity index (χ0) is 23.7. The minimum Gasteiger partial charge on any atom is -0.273 e. The average Bonchev–Trinajstić information content (AvgIpc) is 2.76. The molecule has 1 N–H and O–H groups in total. The molecule has 0 aromatic heterocycles. The number of hydrogen-bond donors (Lipinski definition) is 1. The third kappa shape index (κ3) is 4.64. The van der Waals surface area contributed by atoms with Gasteiger partial charge in [0.15, 0.2) is 0 Å². The lowest BCUT2D eigenvalue weighted by Gasteiger charge is -2.27. The summed E-state index contributed by atoms with van der Waals surface area (Å²) in [6.45, 7) is 3.81. The maximum atomic E-state index is 14.2. The van der Waals surface area contributed by atoms with Gasteiger partial charge in [0.1, 0.15) is 11.4 Å². The van der Waals surface area contributed by atoms with Gasteiger partial charge in [-0.1, -0.05) is 46.3 Å². The van der Waals surface area contributed by atoms with Crippen LogP contribution >= 0.6 is 15.9 Å². The van der Waals surface area contributed by atoms with Crippen LogP contribution in [0.5, 0.6) is 0 Å². The van der Waals surface area contributed by atoms with Crippen LogP contribution in [-0.4, -0.2) is 17.8 Å². The molecule has 0 unspecified atom stereocenters. The quantitative estimate of drug-likeness (QED) is 0.377. The molecule has 0 spiro atoms. The molecule has 0 atom stereocenters. The molecule has 0 aliphatic carbocycles. The second-order valence-corrected chi connectivity index (χ2v) is 8.75. The van der Waals surface area contributed by atoms with E-state index in [4.69, 9.17) is 0 Å². The molecule has 1 aliphatic heterocycles. The number of carbonyl (C=O) groups excluding carboxylic acids is 3. The van der Waals surface area contributed by atoms with Crippen LogP contribution in [0.25, 0.3) is 6.08 Å². The van der Waals surface area contributed by atoms with Gasteiger partial charge in [-0.3, -0.25) is 14.9 Å². The fourth-order valence-corrected chi connectivity index (χ4v) is 4.00. The second-order valence-electron chi connectivity index (χ2n) is 7.84. The van der Waals surface area contributed by atoms with Crippen LogP contribution in [0, 0.1) is 19.7 Å². The molecule has 4 rings (SSSR count). The van der Waals surface area contributed by atoms with Crippen molar-refractivity contribution in [3.05, 3.63) is 104 Å². The maximum Gasteiger partial charge on any atom is 0.335 e. The minimum atomic E-state index is -0.800. The number of nitrogens with one attached hydrogen (secondary N) is 1. The van der Waals surface area contributed by atoms with Crippen LogP contribution < -0.4 is 10.2 Å². The molecule has 1 aliphatic rings. The van der Waals surface area contributed by atoms with Crippen LogP contribution in [0.1, 0.15) is 27.8 Å². The number of benzene rings is 3. The molecule has 0 radical (unpaired) electrons. The molecule has 3 aromatic rings. The van der Waals surface area contributed by atoms with E-state index in [1.54, 1.807) is 42.5 Å². The van der Waals surface area contributed by atoms with Crippen molar-refractivity contribution in [2.75, 3.05) is 4.90 Å². The molecule has 0 bridgehead atoms. The number of rotatable bonds is 4. The van der Waals surface area contributed by atoms with Crippen LogP contribution in [0.3, 0.4) is 0 Å². The Kier molecular flexibility index (Phi) is 6.24. The fourth-order valence-electron chi connectivity index (χ4n) is 3.62. The van der Waals surface area contributed by atoms with Crippen molar-refractivity contribution in [1.29, 1.82) is 0 Å². The molecule has 1 saturated heterocycles. The maximum absolute atomic E-state index is 14.2. The average molecular weight is 507 g/mol. The summed E-state index contributed by atoms with van der Waals surface area (Å²) in [5, 5.41) is 2.24. The molecule has 4 amide bonds. The second kappa shape index (κ2) is 9.11. The molecule has 5 nitrogen and oxygen atoms in total. The van der Waals surface area contributed by atoms with Crippen LogP contribution in [0.2, 0.25) is 0 Å². The predicted molar refractivity (Wildman–Crippen MR) is 128 cm³/mol. The Morgan fingerprint density at radius 1 is 0.939 bits per heavy atom. The first-order valence-corrected chi connectivity index (χ1v) is 11.0. The summed E-state index contributed by atoms with van der Waals surface area (Å²) in [6.07, 6.45) is 1.72. The van der Waals surface area contributed by atoms with Gasteiger partial charge >= 0.3 is 6.03 Å². The van der Waals surface area contributed by atoms with E-state index in [1.165, 1.54) is 12.1 Å². The van der Waals surface area contributed by atoms with E-state index in [2.05, 4.69) is 21.2 Å². The summed E-state index contributed by atoms with van der Waals surface area (Å²) in [4.78, 5) is 39.3. The zero-order valence-corrected chi connectivity index (χ0v) is 19.6. The first-order chi connectivity index (χ1) is 15.7. The largest absolute Gasteiger partial charge is 0.335 e. The monoisotopic (exact) mass is 506 g/mol. The van der Waals surface area contributed by atoms with Gasteiger partial charge in [0.05, 0.1) is 5.69 Å². The Morgan fingerprint density at radius 2 is 1.70 bits per heavy atom. The third-order valence-corrected chi connectivity index (χ3v) is 6.09. The van der Waals surface area contributed by atoms with Crippen molar-refractivity contribution in [1.82, 2.24) is 5.32 Å². The number of aryl methyl sites for hydroxylation is 2. The van der Waals surface area contributed by atoms with Crippen molar-refractivity contribution in [3.8, 4) is 0 Å². The van der Waals surface area contributed by atoms with Gasteiger partial charge in [-0.05, 0) is 78.1 Å². The molecular weight excluding hydrogens is 487 g/mol. The minimum absolute atomic E-state index is 0.180. The van der Waals surface area contributed by atoms with Gasteiger partial charge in [-0.25, -0.2) is 14.1 Å². The number of imide groups is 2. The summed E-state index contributed by atoms with van der Waals surface area (Å²) in [7, 11) is 0. The van der Waals surface area contributed by atoms with Crippen LogP contribution in [0.4, 0.5) is 14.9 Å². The van der Waals surface area contributed by atoms with E-state index in [-0.39, 0.29) is 17.8 Å². The van der Waals surface area contributed by atoms with Crippen molar-refractivity contribution >= 4 is 45.5 Å². The third-order valence-electron chi connectivity index (χ3n) is 5.60. The number of urea groups is 1. The SMILES string of the molecule is Cc1ccc(N2C(=O)NC(=O)/C(=C\c3cc(Br)ccc3Cc3ccccc3F)C2=O)cc1C. The highest BCUT2D eigenvalue weighted by molar-refractivity contribution is 9.10. The number of carbonyl (C=O) groups is 3. The lowest BCUT2D eigenvalue weighted by molar-refractivity contribution is -0.122. The zero-order valence-electron chi connectivity index (χ0n) is 18.0. The van der Waals surface area contributed by atoms with Crippen molar-refractivity contribution < 1.29 is 18.8 Å². The standard InChI is InChI=1S/C26H20BrFN2O3/c1-15-7-10-21(11-16(15)2)30-25(32)22(24(31)29-26(30)33)14-19-13-20(27)9-8-17(19)12-18-5-3-4-6-23(18)28/h3-11,13-14H,12H2,1-2H3,(H,29,31,33)/b22-14+. The number of amides is 4. The van der Waals surface area contributed by atoms with E-state index in [9.17, 15) is 18.8 Å². The lowest BCUT2D eigenvalue weighted by Crippen LogP contribution is -2.54. The summed E-state index contributed by atoms with van der Waals surface area (Å²) in [6, 6.07) is 16.2.